The molecule has 127 heavy (non-hydrogen) atoms. The summed E-state index contributed by atoms with van der Waals surface area (Å²) in [6, 6.07) is 20.3. The van der Waals surface area contributed by atoms with Crippen molar-refractivity contribution in [2.45, 2.75) is 130 Å². The lowest BCUT2D eigenvalue weighted by molar-refractivity contribution is 0.145. The molecule has 666 valence electrons. The van der Waals surface area contributed by atoms with Crippen LogP contribution in [0, 0.1) is 30.2 Å². The van der Waals surface area contributed by atoms with Crippen LogP contribution in [-0.2, 0) is 28.2 Å². The van der Waals surface area contributed by atoms with E-state index in [1.165, 1.54) is 85.8 Å². The first-order valence-electron chi connectivity index (χ1n) is 41.4. The average Bonchev–Trinajstić information content (AvgIpc) is 1.45. The standard InChI is InChI=1S/2C24H26F3N5O.C23H23F3N4O.C21H20F3N5O/c1-13(16-6-5-7-17(20(16)25)21(26)27)28-22-19-12-18(15-8-10-31(3)11-9-15)24(33)32(4)23(19)30-14(2)29-22;1-4-32-10-8-15(9-11-32)18-12-19-22(28-13-29-23(19)31(3)24(18)33)30-14(2)16-6-5-7-17(20(16)25)21(26)27;1-13(15-9-6-10-16(19(15)24)20(25)26)29-21-18-11-17(14-7-4-3-5-8-14)23(31)30(2)22(18)28-12-27-21;1-11(13-4-3-5-14(17(13)22)18(23)24)28-19-16-8-15(12-6-7-25-9-12)21(30)29(2)20(16)27-10-26-19/h5-8,12-13,21H,9-11H2,1-4H3,(H,28,29,30);5-8,12-14,21H,4,9-11H2,1-3H3,(H,28,29,30);6-7,9-13,20H,3-5,8H2,1-2H3,(H,27,28,29);3-6,8,10-11,18,25H,7,9H2,1-2H3,(H,26,27,28)/t13-;14-;13-;11-/m1111/s1. The Hall–Kier alpha value is -12.8. The maximum absolute atomic E-state index is 14.7. The smallest absolute Gasteiger partial charge is 0.266 e. The third-order valence-corrected chi connectivity index (χ3v) is 23.3. The summed E-state index contributed by atoms with van der Waals surface area (Å²) in [5.41, 5.74) is 5.16. The highest BCUT2D eigenvalue weighted by Crippen LogP contribution is 2.38. The lowest BCUT2D eigenvalue weighted by Gasteiger charge is -2.25. The van der Waals surface area contributed by atoms with Crippen LogP contribution < -0.4 is 48.8 Å². The predicted molar refractivity (Wildman–Crippen MR) is 470 cm³/mol. The minimum absolute atomic E-state index is 0.104. The Morgan fingerprint density at radius 3 is 1.06 bits per heavy atom. The van der Waals surface area contributed by atoms with E-state index in [4.69, 9.17) is 0 Å². The highest BCUT2D eigenvalue weighted by atomic mass is 19.3. The molecule has 4 aliphatic rings. The molecular formula is C92H95F12N19O4. The zero-order chi connectivity index (χ0) is 91.1. The van der Waals surface area contributed by atoms with Crippen LogP contribution in [0.1, 0.15) is 196 Å². The van der Waals surface area contributed by atoms with Gasteiger partial charge in [0.15, 0.2) is 0 Å². The van der Waals surface area contributed by atoms with E-state index in [1.54, 1.807) is 87.1 Å². The van der Waals surface area contributed by atoms with Crippen molar-refractivity contribution in [2.24, 2.45) is 28.2 Å². The molecule has 4 aromatic carbocycles. The first-order chi connectivity index (χ1) is 60.7. The Balaban J connectivity index is 0.000000145. The summed E-state index contributed by atoms with van der Waals surface area (Å²) >= 11 is 0. The second kappa shape index (κ2) is 39.8. The number of benzene rings is 4. The van der Waals surface area contributed by atoms with Crippen LogP contribution in [0.2, 0.25) is 0 Å². The van der Waals surface area contributed by atoms with Crippen LogP contribution in [0.5, 0.6) is 0 Å². The molecular weight excluding hydrogens is 1660 g/mol. The number of aromatic nitrogens is 12. The molecule has 16 rings (SSSR count). The van der Waals surface area contributed by atoms with Gasteiger partial charge in [-0.05, 0) is 133 Å². The third kappa shape index (κ3) is 19.8. The van der Waals surface area contributed by atoms with E-state index in [0.29, 0.717) is 109 Å². The Labute approximate surface area is 722 Å². The summed E-state index contributed by atoms with van der Waals surface area (Å²) in [6.07, 6.45) is 5.91. The minimum atomic E-state index is -2.90. The van der Waals surface area contributed by atoms with Crippen LogP contribution in [0.3, 0.4) is 0 Å². The summed E-state index contributed by atoms with van der Waals surface area (Å²) in [7, 11) is 8.62. The molecule has 0 spiro atoms. The van der Waals surface area contributed by atoms with Gasteiger partial charge < -0.3 is 31.5 Å². The second-order valence-corrected chi connectivity index (χ2v) is 31.5. The number of fused-ring (bicyclic) bond motifs is 4. The topological polar surface area (TPSA) is 258 Å². The van der Waals surface area contributed by atoms with Gasteiger partial charge in [0, 0.05) is 112 Å². The van der Waals surface area contributed by atoms with Crippen LogP contribution in [-0.4, -0.2) is 121 Å². The number of allylic oxidation sites excluding steroid dienone is 2. The molecule has 0 fully saturated rings. The van der Waals surface area contributed by atoms with Crippen LogP contribution in [0.15, 0.2) is 160 Å². The molecule has 1 aliphatic carbocycles. The van der Waals surface area contributed by atoms with E-state index >= 15 is 0 Å². The van der Waals surface area contributed by atoms with E-state index in [-0.39, 0.29) is 44.5 Å². The van der Waals surface area contributed by atoms with Crippen molar-refractivity contribution in [1.29, 1.82) is 0 Å². The van der Waals surface area contributed by atoms with Gasteiger partial charge in [0.2, 0.25) is 0 Å². The van der Waals surface area contributed by atoms with E-state index in [2.05, 4.69) is 95.3 Å². The van der Waals surface area contributed by atoms with Gasteiger partial charge >= 0.3 is 0 Å². The largest absolute Gasteiger partial charge is 0.363 e. The number of hydrogen-bond acceptors (Lipinski definition) is 19. The molecule has 0 saturated carbocycles. The van der Waals surface area contributed by atoms with Gasteiger partial charge in [-0.25, -0.2) is 92.6 Å². The Morgan fingerprint density at radius 2 is 0.732 bits per heavy atom. The fourth-order valence-electron chi connectivity index (χ4n) is 16.1. The number of pyridine rings is 4. The molecule has 0 radical (unpaired) electrons. The van der Waals surface area contributed by atoms with Crippen molar-refractivity contribution in [1.82, 2.24) is 73.3 Å². The maximum atomic E-state index is 14.7. The highest BCUT2D eigenvalue weighted by molar-refractivity contribution is 5.93. The summed E-state index contributed by atoms with van der Waals surface area (Å²) in [4.78, 5) is 90.7. The first-order valence-corrected chi connectivity index (χ1v) is 41.4. The molecule has 12 aromatic rings. The molecule has 23 nitrogen and oxygen atoms in total. The van der Waals surface area contributed by atoms with Crippen molar-refractivity contribution in [3.05, 3.63) is 278 Å². The quantitative estimate of drug-likeness (QED) is 0.0419. The van der Waals surface area contributed by atoms with Gasteiger partial charge in [0.1, 0.15) is 93.9 Å². The normalized spacial score (nSPS) is 15.4. The highest BCUT2D eigenvalue weighted by Gasteiger charge is 2.29. The first kappa shape index (κ1) is 91.9. The maximum Gasteiger partial charge on any atom is 0.266 e. The van der Waals surface area contributed by atoms with Crippen LogP contribution in [0.4, 0.5) is 76.0 Å². The van der Waals surface area contributed by atoms with Gasteiger partial charge in [0.25, 0.3) is 47.9 Å². The fraction of sp³-hybridized carbons (Fsp3) is 0.348. The average molecular weight is 1760 g/mol. The monoisotopic (exact) mass is 1760 g/mol. The number of halogens is 12. The van der Waals surface area contributed by atoms with Crippen LogP contribution >= 0.6 is 0 Å². The summed E-state index contributed by atoms with van der Waals surface area (Å²) < 4.78 is 169. The summed E-state index contributed by atoms with van der Waals surface area (Å²) in [5, 5.41) is 18.0. The van der Waals surface area contributed by atoms with Crippen molar-refractivity contribution in [2.75, 3.05) is 74.1 Å². The van der Waals surface area contributed by atoms with Gasteiger partial charge in [-0.3, -0.25) is 42.3 Å². The molecule has 3 aliphatic heterocycles. The summed E-state index contributed by atoms with van der Waals surface area (Å²) in [5.74, 6) is -1.71. The molecule has 35 heteroatoms. The number of nitrogens with one attached hydrogen (secondary N) is 5. The molecule has 0 amide bonds. The van der Waals surface area contributed by atoms with Crippen LogP contribution in [0.25, 0.3) is 66.4 Å². The summed E-state index contributed by atoms with van der Waals surface area (Å²) in [6.45, 7) is 16.0. The SMILES string of the molecule is CCN1CC=C(c2cc3c(N[C@H](C)c4cccc(C(F)F)c4F)ncnc3n(C)c2=O)CC1.C[C@@H](Nc1ncnc2c1cc(C1=CCCCC1)c(=O)n2C)c1cccc(C(F)F)c1F.C[C@@H](Nc1ncnc2c1cc(C1=CCNC1)c(=O)n2C)c1cccc(C(F)F)c1F.Cc1nc(N[C@H](C)c2cccc(C(F)F)c2F)c2cc(C3=CCN(C)CC3)c(=O)n(C)c2n1. The molecule has 0 bridgehead atoms. The second-order valence-electron chi connectivity index (χ2n) is 31.5. The van der Waals surface area contributed by atoms with E-state index in [0.717, 1.165) is 118 Å². The van der Waals surface area contributed by atoms with Crippen molar-refractivity contribution < 1.29 is 52.7 Å². The van der Waals surface area contributed by atoms with Gasteiger partial charge in [0.05, 0.1) is 68.0 Å². The number of likely N-dealkylation sites (N-methyl/N-ethyl adjacent to an activating group) is 2. The number of aryl methyl sites for hydroxylation is 5. The predicted octanol–water partition coefficient (Wildman–Crippen LogP) is 18.4. The number of anilines is 4. The minimum Gasteiger partial charge on any atom is -0.363 e. The van der Waals surface area contributed by atoms with E-state index < -0.39 is 95.4 Å². The molecule has 5 N–H and O–H groups in total. The zero-order valence-electron chi connectivity index (χ0n) is 71.5. The van der Waals surface area contributed by atoms with E-state index in [1.807, 2.05) is 19.2 Å². The lowest BCUT2D eigenvalue weighted by atomic mass is 9.94. The Morgan fingerprint density at radius 1 is 0.394 bits per heavy atom. The molecule has 0 saturated heterocycles. The number of alkyl halides is 8. The third-order valence-electron chi connectivity index (χ3n) is 23.3. The number of nitrogens with zero attached hydrogens (tertiary/aromatic N) is 14. The van der Waals surface area contributed by atoms with Gasteiger partial charge in [-0.2, -0.15) is 0 Å². The Kier molecular flexibility index (Phi) is 28.8. The molecule has 8 aromatic heterocycles. The van der Waals surface area contributed by atoms with E-state index in [9.17, 15) is 71.9 Å². The molecule has 11 heterocycles. The molecule has 4 atom stereocenters. The zero-order valence-corrected chi connectivity index (χ0v) is 71.5. The Bertz CT molecular complexity index is 6550. The number of hydrogen-bond donors (Lipinski definition) is 5. The van der Waals surface area contributed by atoms with Crippen molar-refractivity contribution >= 4 is 89.7 Å². The van der Waals surface area contributed by atoms with Crippen molar-refractivity contribution in [3.63, 3.8) is 0 Å². The fourth-order valence-corrected chi connectivity index (χ4v) is 16.1. The molecule has 0 unspecified atom stereocenters. The van der Waals surface area contributed by atoms with Gasteiger partial charge in [-0.1, -0.05) is 104 Å². The lowest BCUT2D eigenvalue weighted by Crippen LogP contribution is -2.30. The van der Waals surface area contributed by atoms with Crippen molar-refractivity contribution in [3.8, 4) is 0 Å². The van der Waals surface area contributed by atoms with Gasteiger partial charge in [-0.15, -0.1) is 0 Å². The number of rotatable bonds is 21.